The molecule has 1 aromatic carbocycles. The standard InChI is InChI=1S/C16H14N4OS/c1-21-12-3-5-15-18-8-11(20(15)9-12)6-10-2-4-13-14(7-10)22-16(17)19-13/h2-5,7-9H,6H2,1H3,(H2,17,19). The van der Waals surface area contributed by atoms with Crippen LogP contribution in [-0.4, -0.2) is 21.5 Å². The smallest absolute Gasteiger partial charge is 0.181 e. The summed E-state index contributed by atoms with van der Waals surface area (Å²) in [5.74, 6) is 0.817. The topological polar surface area (TPSA) is 65.4 Å². The van der Waals surface area contributed by atoms with E-state index in [0.29, 0.717) is 5.13 Å². The van der Waals surface area contributed by atoms with Gasteiger partial charge >= 0.3 is 0 Å². The lowest BCUT2D eigenvalue weighted by atomic mass is 10.1. The number of aromatic nitrogens is 3. The fraction of sp³-hybridized carbons (Fsp3) is 0.125. The molecule has 3 heterocycles. The number of methoxy groups -OCH3 is 1. The summed E-state index contributed by atoms with van der Waals surface area (Å²) in [4.78, 5) is 8.72. The molecule has 0 aliphatic carbocycles. The fourth-order valence-electron chi connectivity index (χ4n) is 2.57. The van der Waals surface area contributed by atoms with Crippen molar-refractivity contribution in [1.82, 2.24) is 14.4 Å². The third-order valence-corrected chi connectivity index (χ3v) is 4.49. The van der Waals surface area contributed by atoms with Gasteiger partial charge in [-0.1, -0.05) is 17.4 Å². The lowest BCUT2D eigenvalue weighted by Gasteiger charge is -2.05. The van der Waals surface area contributed by atoms with E-state index in [0.717, 1.165) is 33.7 Å². The highest BCUT2D eigenvalue weighted by molar-refractivity contribution is 7.22. The molecule has 0 saturated heterocycles. The van der Waals surface area contributed by atoms with Gasteiger partial charge in [0.25, 0.3) is 0 Å². The maximum Gasteiger partial charge on any atom is 0.181 e. The lowest BCUT2D eigenvalue weighted by molar-refractivity contribution is 0.412. The Kier molecular flexibility index (Phi) is 2.97. The highest BCUT2D eigenvalue weighted by Crippen LogP contribution is 2.26. The molecule has 4 aromatic rings. The van der Waals surface area contributed by atoms with E-state index in [4.69, 9.17) is 10.5 Å². The first-order valence-corrected chi connectivity index (χ1v) is 7.69. The summed E-state index contributed by atoms with van der Waals surface area (Å²) in [6, 6.07) is 10.1. The zero-order valence-corrected chi connectivity index (χ0v) is 12.8. The third-order valence-electron chi connectivity index (χ3n) is 3.65. The summed E-state index contributed by atoms with van der Waals surface area (Å²) in [7, 11) is 1.67. The Morgan fingerprint density at radius 1 is 1.27 bits per heavy atom. The zero-order valence-electron chi connectivity index (χ0n) is 12.0. The minimum absolute atomic E-state index is 0.603. The molecule has 22 heavy (non-hydrogen) atoms. The molecule has 0 bridgehead atoms. The van der Waals surface area contributed by atoms with Crippen LogP contribution in [0.2, 0.25) is 0 Å². The largest absolute Gasteiger partial charge is 0.495 e. The summed E-state index contributed by atoms with van der Waals surface area (Å²) in [6.45, 7) is 0. The lowest BCUT2D eigenvalue weighted by Crippen LogP contribution is -1.95. The minimum Gasteiger partial charge on any atom is -0.495 e. The van der Waals surface area contributed by atoms with Crippen LogP contribution < -0.4 is 10.5 Å². The van der Waals surface area contributed by atoms with E-state index in [9.17, 15) is 0 Å². The monoisotopic (exact) mass is 310 g/mol. The fourth-order valence-corrected chi connectivity index (χ4v) is 3.37. The van der Waals surface area contributed by atoms with E-state index >= 15 is 0 Å². The molecule has 0 fully saturated rings. The van der Waals surface area contributed by atoms with Crippen molar-refractivity contribution < 1.29 is 4.74 Å². The minimum atomic E-state index is 0.603. The van der Waals surface area contributed by atoms with Gasteiger partial charge in [-0.25, -0.2) is 9.97 Å². The Morgan fingerprint density at radius 3 is 3.05 bits per heavy atom. The second-order valence-corrected chi connectivity index (χ2v) is 6.14. The van der Waals surface area contributed by atoms with Crippen molar-refractivity contribution in [2.24, 2.45) is 0 Å². The maximum absolute atomic E-state index is 5.76. The van der Waals surface area contributed by atoms with Crippen molar-refractivity contribution >= 4 is 32.3 Å². The molecule has 0 spiro atoms. The second-order valence-electron chi connectivity index (χ2n) is 5.08. The van der Waals surface area contributed by atoms with Crippen LogP contribution >= 0.6 is 11.3 Å². The van der Waals surface area contributed by atoms with Gasteiger partial charge < -0.3 is 14.9 Å². The number of ether oxygens (including phenoxy) is 1. The third kappa shape index (κ3) is 2.17. The predicted octanol–water partition coefficient (Wildman–Crippen LogP) is 3.13. The van der Waals surface area contributed by atoms with Crippen LogP contribution in [0.3, 0.4) is 0 Å². The van der Waals surface area contributed by atoms with E-state index in [1.165, 1.54) is 16.9 Å². The van der Waals surface area contributed by atoms with Crippen molar-refractivity contribution in [3.8, 4) is 5.75 Å². The average molecular weight is 310 g/mol. The van der Waals surface area contributed by atoms with Gasteiger partial charge in [0.05, 0.1) is 23.5 Å². The predicted molar refractivity (Wildman–Crippen MR) is 88.6 cm³/mol. The summed E-state index contributed by atoms with van der Waals surface area (Å²) in [5.41, 5.74) is 9.95. The molecule has 2 N–H and O–H groups in total. The molecule has 3 aromatic heterocycles. The Balaban J connectivity index is 1.74. The Morgan fingerprint density at radius 2 is 2.18 bits per heavy atom. The number of nitrogens with zero attached hydrogens (tertiary/aromatic N) is 3. The molecule has 0 unspecified atom stereocenters. The molecule has 5 nitrogen and oxygen atoms in total. The molecular formula is C16H14N4OS. The molecule has 0 atom stereocenters. The van der Waals surface area contributed by atoms with E-state index in [2.05, 4.69) is 26.5 Å². The Hall–Kier alpha value is -2.60. The molecule has 0 radical (unpaired) electrons. The Bertz CT molecular complexity index is 973. The van der Waals surface area contributed by atoms with Crippen LogP contribution in [-0.2, 0) is 6.42 Å². The van der Waals surface area contributed by atoms with E-state index in [1.54, 1.807) is 7.11 Å². The number of hydrogen-bond acceptors (Lipinski definition) is 5. The van der Waals surface area contributed by atoms with E-state index in [1.807, 2.05) is 30.6 Å². The van der Waals surface area contributed by atoms with Crippen molar-refractivity contribution in [3.63, 3.8) is 0 Å². The normalized spacial score (nSPS) is 11.3. The van der Waals surface area contributed by atoms with Gasteiger partial charge in [-0.2, -0.15) is 0 Å². The number of benzene rings is 1. The van der Waals surface area contributed by atoms with Gasteiger partial charge in [0.15, 0.2) is 5.13 Å². The van der Waals surface area contributed by atoms with Crippen molar-refractivity contribution in [1.29, 1.82) is 0 Å². The second kappa shape index (κ2) is 4.99. The van der Waals surface area contributed by atoms with Gasteiger partial charge in [0.2, 0.25) is 0 Å². The van der Waals surface area contributed by atoms with Gasteiger partial charge in [0.1, 0.15) is 11.4 Å². The van der Waals surface area contributed by atoms with Crippen LogP contribution in [0.15, 0.2) is 42.7 Å². The Labute approximate surface area is 131 Å². The summed E-state index contributed by atoms with van der Waals surface area (Å²) in [5, 5.41) is 0.603. The van der Waals surface area contributed by atoms with Crippen LogP contribution in [0.1, 0.15) is 11.3 Å². The van der Waals surface area contributed by atoms with Crippen molar-refractivity contribution in [3.05, 3.63) is 54.0 Å². The molecule has 110 valence electrons. The molecule has 0 aliphatic heterocycles. The number of pyridine rings is 1. The number of rotatable bonds is 3. The summed E-state index contributed by atoms with van der Waals surface area (Å²) < 4.78 is 8.46. The number of thiazole rings is 1. The van der Waals surface area contributed by atoms with E-state index < -0.39 is 0 Å². The molecule has 4 rings (SSSR count). The number of nitrogens with two attached hydrogens (primary N) is 1. The number of hydrogen-bond donors (Lipinski definition) is 1. The van der Waals surface area contributed by atoms with Gasteiger partial charge in [-0.05, 0) is 29.8 Å². The molecular weight excluding hydrogens is 296 g/mol. The number of nitrogen functional groups attached to an aromatic ring is 1. The first kappa shape index (κ1) is 13.1. The van der Waals surface area contributed by atoms with Crippen molar-refractivity contribution in [2.75, 3.05) is 12.8 Å². The summed E-state index contributed by atoms with van der Waals surface area (Å²) in [6.07, 6.45) is 4.66. The average Bonchev–Trinajstić information content (AvgIpc) is 3.09. The number of anilines is 1. The highest BCUT2D eigenvalue weighted by atomic mass is 32.1. The molecule has 0 aliphatic rings. The molecule has 0 amide bonds. The van der Waals surface area contributed by atoms with Crippen LogP contribution in [0, 0.1) is 0 Å². The quantitative estimate of drug-likeness (QED) is 0.631. The maximum atomic E-state index is 5.76. The van der Waals surface area contributed by atoms with Crippen LogP contribution in [0.4, 0.5) is 5.13 Å². The SMILES string of the molecule is COc1ccc2ncc(Cc3ccc4nc(N)sc4c3)n2c1. The van der Waals surface area contributed by atoms with Crippen LogP contribution in [0.5, 0.6) is 5.75 Å². The zero-order chi connectivity index (χ0) is 15.1. The highest BCUT2D eigenvalue weighted by Gasteiger charge is 2.07. The first-order valence-electron chi connectivity index (χ1n) is 6.88. The molecule has 6 heteroatoms. The first-order chi connectivity index (χ1) is 10.7. The molecule has 0 saturated carbocycles. The van der Waals surface area contributed by atoms with Gasteiger partial charge in [0, 0.05) is 18.3 Å². The van der Waals surface area contributed by atoms with Gasteiger partial charge in [-0.15, -0.1) is 0 Å². The van der Waals surface area contributed by atoms with Crippen LogP contribution in [0.25, 0.3) is 15.9 Å². The van der Waals surface area contributed by atoms with Gasteiger partial charge in [-0.3, -0.25) is 0 Å². The number of fused-ring (bicyclic) bond motifs is 2. The van der Waals surface area contributed by atoms with Crippen molar-refractivity contribution in [2.45, 2.75) is 6.42 Å². The summed E-state index contributed by atoms with van der Waals surface area (Å²) >= 11 is 1.51. The van der Waals surface area contributed by atoms with E-state index in [-0.39, 0.29) is 0 Å². The number of imidazole rings is 1.